The lowest BCUT2D eigenvalue weighted by molar-refractivity contribution is -0.115. The maximum absolute atomic E-state index is 11.8. The molecule has 0 unspecified atom stereocenters. The molecule has 1 amide bonds. The van der Waals surface area contributed by atoms with Crippen LogP contribution in [0.1, 0.15) is 16.3 Å². The first-order valence-corrected chi connectivity index (χ1v) is 6.94. The zero-order valence-corrected chi connectivity index (χ0v) is 12.6. The Hall–Kier alpha value is -1.10. The van der Waals surface area contributed by atoms with E-state index >= 15 is 0 Å². The number of anilines is 1. The third-order valence-corrected chi connectivity index (χ3v) is 3.55. The maximum atomic E-state index is 11.8. The normalized spacial score (nSPS) is 9.79. The van der Waals surface area contributed by atoms with Crippen LogP contribution in [0.25, 0.3) is 0 Å². The molecule has 0 atom stereocenters. The number of carbonyl (C=O) groups excluding carboxylic acids is 1. The number of rotatable bonds is 4. The lowest BCUT2D eigenvalue weighted by atomic mass is 10.2. The molecule has 1 heterocycles. The molecule has 0 saturated carbocycles. The van der Waals surface area contributed by atoms with E-state index in [4.69, 9.17) is 11.6 Å². The Morgan fingerprint density at radius 1 is 1.37 bits per heavy atom. The van der Waals surface area contributed by atoms with Crippen LogP contribution in [0.3, 0.4) is 0 Å². The second-order valence-electron chi connectivity index (χ2n) is 3.96. The molecule has 19 heavy (non-hydrogen) atoms. The monoisotopic (exact) mass is 315 g/mol. The van der Waals surface area contributed by atoms with Crippen molar-refractivity contribution >= 4 is 34.5 Å². The van der Waals surface area contributed by atoms with Crippen molar-refractivity contribution in [3.8, 4) is 0 Å². The van der Waals surface area contributed by atoms with Crippen LogP contribution in [-0.2, 0) is 17.1 Å². The number of thiazole rings is 1. The molecule has 3 nitrogen and oxygen atoms in total. The molecule has 6 heteroatoms. The van der Waals surface area contributed by atoms with Gasteiger partial charge in [0.1, 0.15) is 5.01 Å². The molecule has 0 radical (unpaired) electrons. The summed E-state index contributed by atoms with van der Waals surface area (Å²) in [5.41, 5.74) is 2.79. The van der Waals surface area contributed by atoms with Gasteiger partial charge in [-0.3, -0.25) is 4.79 Å². The predicted molar refractivity (Wildman–Crippen MR) is 75.2 cm³/mol. The fraction of sp³-hybridized carbons (Fsp3) is 0.231. The third-order valence-electron chi connectivity index (χ3n) is 2.38. The first-order chi connectivity index (χ1) is 8.67. The fourth-order valence-electron chi connectivity index (χ4n) is 1.47. The van der Waals surface area contributed by atoms with Crippen molar-refractivity contribution < 1.29 is 17.2 Å². The quantitative estimate of drug-likeness (QED) is 0.829. The molecule has 0 spiro atoms. The summed E-state index contributed by atoms with van der Waals surface area (Å²) in [5.74, 6) is 0.324. The number of aromatic nitrogens is 1. The molecule has 1 N–H and O–H groups in total. The van der Waals surface area contributed by atoms with Crippen LogP contribution < -0.4 is 17.7 Å². The molecular formula is C13H13Cl2N2OS-. The van der Waals surface area contributed by atoms with Crippen LogP contribution in [0.5, 0.6) is 0 Å². The van der Waals surface area contributed by atoms with Gasteiger partial charge in [0.25, 0.3) is 0 Å². The van der Waals surface area contributed by atoms with Gasteiger partial charge in [-0.15, -0.1) is 22.9 Å². The van der Waals surface area contributed by atoms with Gasteiger partial charge in [-0.2, -0.15) is 0 Å². The second-order valence-corrected chi connectivity index (χ2v) is 5.17. The van der Waals surface area contributed by atoms with Gasteiger partial charge in [-0.25, -0.2) is 4.98 Å². The van der Waals surface area contributed by atoms with Crippen molar-refractivity contribution in [2.45, 2.75) is 19.2 Å². The molecule has 2 aromatic rings. The summed E-state index contributed by atoms with van der Waals surface area (Å²) in [6, 6.07) is 7.70. The van der Waals surface area contributed by atoms with Crippen molar-refractivity contribution in [3.05, 3.63) is 45.9 Å². The van der Waals surface area contributed by atoms with Gasteiger partial charge in [0.2, 0.25) is 5.91 Å². The largest absolute Gasteiger partial charge is 1.00 e. The second kappa shape index (κ2) is 7.48. The molecule has 0 bridgehead atoms. The summed E-state index contributed by atoms with van der Waals surface area (Å²) < 4.78 is 0. The van der Waals surface area contributed by atoms with Crippen molar-refractivity contribution in [3.63, 3.8) is 0 Å². The number of halogens is 2. The lowest BCUT2D eigenvalue weighted by Gasteiger charge is -2.03. The highest BCUT2D eigenvalue weighted by Gasteiger charge is 2.07. The average Bonchev–Trinajstić information content (AvgIpc) is 2.79. The highest BCUT2D eigenvalue weighted by molar-refractivity contribution is 7.09. The molecule has 2 rings (SSSR count). The Kier molecular flexibility index (Phi) is 6.28. The van der Waals surface area contributed by atoms with Crippen LogP contribution in [0.4, 0.5) is 5.69 Å². The molecule has 102 valence electrons. The number of amides is 1. The zero-order valence-electron chi connectivity index (χ0n) is 10.3. The number of carbonyl (C=O) groups is 1. The Bertz CT molecular complexity index is 540. The van der Waals surface area contributed by atoms with E-state index in [0.717, 1.165) is 16.4 Å². The summed E-state index contributed by atoms with van der Waals surface area (Å²) in [5, 5.41) is 5.50. The van der Waals surface area contributed by atoms with E-state index < -0.39 is 0 Å². The molecular weight excluding hydrogens is 303 g/mol. The minimum Gasteiger partial charge on any atom is -1.00 e. The number of nitrogens with one attached hydrogen (secondary N) is 1. The zero-order chi connectivity index (χ0) is 13.0. The first kappa shape index (κ1) is 16.0. The Labute approximate surface area is 127 Å². The van der Waals surface area contributed by atoms with Gasteiger partial charge < -0.3 is 17.7 Å². The van der Waals surface area contributed by atoms with Crippen LogP contribution in [0, 0.1) is 6.92 Å². The van der Waals surface area contributed by atoms with E-state index in [1.54, 1.807) is 0 Å². The average molecular weight is 316 g/mol. The Balaban J connectivity index is 0.00000180. The van der Waals surface area contributed by atoms with Crippen molar-refractivity contribution in [1.29, 1.82) is 0 Å². The minimum atomic E-state index is -0.0608. The number of hydrogen-bond acceptors (Lipinski definition) is 3. The Morgan fingerprint density at radius 2 is 2.05 bits per heavy atom. The fourth-order valence-corrected chi connectivity index (χ4v) is 2.49. The smallest absolute Gasteiger partial charge is 0.231 e. The van der Waals surface area contributed by atoms with Crippen LogP contribution in [0.2, 0.25) is 0 Å². The van der Waals surface area contributed by atoms with E-state index in [-0.39, 0.29) is 24.7 Å². The van der Waals surface area contributed by atoms with Gasteiger partial charge >= 0.3 is 0 Å². The number of alkyl halides is 1. The summed E-state index contributed by atoms with van der Waals surface area (Å²) in [4.78, 5) is 16.0. The highest BCUT2D eigenvalue weighted by atomic mass is 35.5. The van der Waals surface area contributed by atoms with Crippen LogP contribution in [-0.4, -0.2) is 10.9 Å². The van der Waals surface area contributed by atoms with Gasteiger partial charge in [0.05, 0.1) is 18.0 Å². The molecule has 1 aromatic carbocycles. The molecule has 1 aromatic heterocycles. The lowest BCUT2D eigenvalue weighted by Crippen LogP contribution is -3.00. The molecule has 0 fully saturated rings. The van der Waals surface area contributed by atoms with E-state index in [1.165, 1.54) is 16.9 Å². The maximum Gasteiger partial charge on any atom is 0.231 e. The summed E-state index contributed by atoms with van der Waals surface area (Å²) in [7, 11) is 0. The van der Waals surface area contributed by atoms with Gasteiger partial charge in [-0.05, 0) is 19.1 Å². The SMILES string of the molecule is Cc1ccc(NC(=O)Cc2nc(CCl)cs2)cc1.[Cl-]. The van der Waals surface area contributed by atoms with E-state index in [0.29, 0.717) is 5.88 Å². The van der Waals surface area contributed by atoms with Gasteiger partial charge in [0.15, 0.2) is 0 Å². The number of aryl methyl sites for hydroxylation is 1. The van der Waals surface area contributed by atoms with Crippen LogP contribution >= 0.6 is 22.9 Å². The number of nitrogens with zero attached hydrogens (tertiary/aromatic N) is 1. The van der Waals surface area contributed by atoms with Crippen LogP contribution in [0.15, 0.2) is 29.6 Å². The van der Waals surface area contributed by atoms with Crippen molar-refractivity contribution in [2.75, 3.05) is 5.32 Å². The van der Waals surface area contributed by atoms with Crippen molar-refractivity contribution in [1.82, 2.24) is 4.98 Å². The topological polar surface area (TPSA) is 42.0 Å². The highest BCUT2D eigenvalue weighted by Crippen LogP contribution is 2.14. The summed E-state index contributed by atoms with van der Waals surface area (Å²) in [6.07, 6.45) is 0.287. The third kappa shape index (κ3) is 4.82. The number of benzene rings is 1. The van der Waals surface area contributed by atoms with E-state index in [1.807, 2.05) is 36.6 Å². The molecule has 0 aliphatic heterocycles. The molecule has 0 saturated heterocycles. The number of hydrogen-bond donors (Lipinski definition) is 1. The van der Waals surface area contributed by atoms with E-state index in [2.05, 4.69) is 10.3 Å². The predicted octanol–water partition coefficient (Wildman–Crippen LogP) is 0.376. The van der Waals surface area contributed by atoms with E-state index in [9.17, 15) is 4.79 Å². The van der Waals surface area contributed by atoms with Crippen molar-refractivity contribution in [2.24, 2.45) is 0 Å². The minimum absolute atomic E-state index is 0. The first-order valence-electron chi connectivity index (χ1n) is 5.53. The standard InChI is InChI=1S/C13H13ClN2OS.ClH/c1-9-2-4-10(5-3-9)15-12(17)6-13-16-11(7-14)8-18-13;/h2-5,8H,6-7H2,1H3,(H,15,17);1H/p-1. The van der Waals surface area contributed by atoms with Gasteiger partial charge in [0, 0.05) is 11.1 Å². The summed E-state index contributed by atoms with van der Waals surface area (Å²) >= 11 is 7.12. The summed E-state index contributed by atoms with van der Waals surface area (Å²) in [6.45, 7) is 2.01. The Morgan fingerprint density at radius 3 is 2.63 bits per heavy atom. The van der Waals surface area contributed by atoms with Gasteiger partial charge in [-0.1, -0.05) is 17.7 Å². The molecule has 0 aliphatic rings. The molecule has 0 aliphatic carbocycles.